The lowest BCUT2D eigenvalue weighted by Crippen LogP contribution is -2.50. The van der Waals surface area contributed by atoms with E-state index < -0.39 is 16.1 Å². The average Bonchev–Trinajstić information content (AvgIpc) is 2.86. The number of rotatable bonds is 5. The Labute approximate surface area is 198 Å². The molecule has 0 aromatic heterocycles. The van der Waals surface area contributed by atoms with E-state index in [0.29, 0.717) is 18.0 Å². The Balaban J connectivity index is 1.43. The largest absolute Gasteiger partial charge is 0.476 e. The van der Waals surface area contributed by atoms with Gasteiger partial charge in [0.25, 0.3) is 15.9 Å². The molecule has 0 saturated carbocycles. The fourth-order valence-corrected chi connectivity index (χ4v) is 5.68. The second kappa shape index (κ2) is 8.83. The molecule has 0 bridgehead atoms. The van der Waals surface area contributed by atoms with Gasteiger partial charge in [-0.2, -0.15) is 0 Å². The quantitative estimate of drug-likeness (QED) is 0.467. The van der Waals surface area contributed by atoms with Gasteiger partial charge in [-0.15, -0.1) is 0 Å². The Morgan fingerprint density at radius 1 is 0.971 bits per heavy atom. The summed E-state index contributed by atoms with van der Waals surface area (Å²) in [7, 11) is -3.88. The van der Waals surface area contributed by atoms with E-state index in [1.807, 2.05) is 55.5 Å². The maximum Gasteiger partial charge on any atom is 0.264 e. The number of benzene rings is 4. The Bertz CT molecular complexity index is 1460. The molecule has 0 unspecified atom stereocenters. The third-order valence-corrected chi connectivity index (χ3v) is 7.74. The molecule has 0 saturated heterocycles. The number of carbonyl (C=O) groups is 1. The van der Waals surface area contributed by atoms with Gasteiger partial charge < -0.3 is 10.1 Å². The van der Waals surface area contributed by atoms with Gasteiger partial charge in [-0.1, -0.05) is 66.7 Å². The van der Waals surface area contributed by atoms with Crippen LogP contribution in [-0.4, -0.2) is 27.0 Å². The van der Waals surface area contributed by atoms with Crippen LogP contribution in [0, 0.1) is 6.92 Å². The highest BCUT2D eigenvalue weighted by atomic mass is 32.2. The lowest BCUT2D eigenvalue weighted by Gasteiger charge is -2.35. The van der Waals surface area contributed by atoms with E-state index in [-0.39, 0.29) is 17.3 Å². The molecule has 1 heterocycles. The molecule has 6 nitrogen and oxygen atoms in total. The topological polar surface area (TPSA) is 75.7 Å². The summed E-state index contributed by atoms with van der Waals surface area (Å²) in [5.74, 6) is 0.00409. The average molecular weight is 473 g/mol. The van der Waals surface area contributed by atoms with Crippen molar-refractivity contribution >= 4 is 32.4 Å². The number of ether oxygens (including phenoxy) is 1. The first-order valence-electron chi connectivity index (χ1n) is 11.0. The molecule has 0 spiro atoms. The highest BCUT2D eigenvalue weighted by molar-refractivity contribution is 7.92. The summed E-state index contributed by atoms with van der Waals surface area (Å²) in [5, 5.41) is 5.08. The highest BCUT2D eigenvalue weighted by Gasteiger charge is 2.37. The fourth-order valence-electron chi connectivity index (χ4n) is 4.19. The van der Waals surface area contributed by atoms with Crippen LogP contribution in [0.25, 0.3) is 10.8 Å². The molecule has 0 aliphatic carbocycles. The molecule has 172 valence electrons. The molecule has 1 aliphatic rings. The predicted molar refractivity (Wildman–Crippen MR) is 132 cm³/mol. The molecular weight excluding hydrogens is 448 g/mol. The van der Waals surface area contributed by atoms with Crippen molar-refractivity contribution in [3.63, 3.8) is 0 Å². The van der Waals surface area contributed by atoms with Crippen molar-refractivity contribution in [3.05, 3.63) is 102 Å². The maximum absolute atomic E-state index is 13.5. The molecule has 1 N–H and O–H groups in total. The van der Waals surface area contributed by atoms with Crippen molar-refractivity contribution in [3.8, 4) is 5.75 Å². The molecule has 5 rings (SSSR count). The fraction of sp³-hybridized carbons (Fsp3) is 0.148. The second-order valence-corrected chi connectivity index (χ2v) is 10.1. The summed E-state index contributed by atoms with van der Waals surface area (Å²) < 4.78 is 34.2. The third-order valence-electron chi connectivity index (χ3n) is 5.94. The van der Waals surface area contributed by atoms with Gasteiger partial charge in [-0.05, 0) is 53.1 Å². The van der Waals surface area contributed by atoms with Crippen LogP contribution in [0.15, 0.2) is 95.9 Å². The van der Waals surface area contributed by atoms with Crippen LogP contribution in [0.5, 0.6) is 5.75 Å². The number of aryl methyl sites for hydroxylation is 1. The number of fused-ring (bicyclic) bond motifs is 2. The highest BCUT2D eigenvalue weighted by Crippen LogP contribution is 2.37. The van der Waals surface area contributed by atoms with Crippen LogP contribution >= 0.6 is 0 Å². The summed E-state index contributed by atoms with van der Waals surface area (Å²) in [6.45, 7) is 2.09. The SMILES string of the molecule is Cc1ccc2c(c1)O[C@H](C(=O)NCc1cccc3ccccc13)CN2S(=O)(=O)c1ccccc1. The van der Waals surface area contributed by atoms with Crippen LogP contribution < -0.4 is 14.4 Å². The maximum atomic E-state index is 13.5. The Morgan fingerprint density at radius 3 is 2.53 bits per heavy atom. The zero-order valence-electron chi connectivity index (χ0n) is 18.6. The molecule has 0 fully saturated rings. The number of sulfonamides is 1. The van der Waals surface area contributed by atoms with E-state index in [9.17, 15) is 13.2 Å². The number of anilines is 1. The summed E-state index contributed by atoms with van der Waals surface area (Å²) in [5.41, 5.74) is 2.31. The zero-order valence-corrected chi connectivity index (χ0v) is 19.5. The molecule has 0 radical (unpaired) electrons. The number of nitrogens with one attached hydrogen (secondary N) is 1. The standard InChI is InChI=1S/C27H24N2O4S/c1-19-14-15-24-25(16-19)33-26(18-29(24)34(31,32)22-11-3-2-4-12-22)27(30)28-17-21-10-7-9-20-8-5-6-13-23(20)21/h2-16,26H,17-18H2,1H3,(H,28,30)/t26-/m0/s1. The monoisotopic (exact) mass is 472 g/mol. The summed E-state index contributed by atoms with van der Waals surface area (Å²) in [4.78, 5) is 13.3. The van der Waals surface area contributed by atoms with Crippen molar-refractivity contribution in [2.75, 3.05) is 10.8 Å². The number of carbonyl (C=O) groups excluding carboxylic acids is 1. The third kappa shape index (κ3) is 4.10. The van der Waals surface area contributed by atoms with Crippen LogP contribution in [0.1, 0.15) is 11.1 Å². The van der Waals surface area contributed by atoms with Gasteiger partial charge in [0, 0.05) is 6.54 Å². The normalized spacial score (nSPS) is 15.4. The van der Waals surface area contributed by atoms with Gasteiger partial charge in [0.05, 0.1) is 17.1 Å². The van der Waals surface area contributed by atoms with Crippen molar-refractivity contribution < 1.29 is 17.9 Å². The van der Waals surface area contributed by atoms with Crippen LogP contribution in [0.2, 0.25) is 0 Å². The van der Waals surface area contributed by atoms with Crippen LogP contribution in [-0.2, 0) is 21.4 Å². The second-order valence-electron chi connectivity index (χ2n) is 8.28. The molecule has 4 aromatic carbocycles. The first-order valence-corrected chi connectivity index (χ1v) is 12.5. The van der Waals surface area contributed by atoms with Gasteiger partial charge in [0.1, 0.15) is 5.75 Å². The van der Waals surface area contributed by atoms with E-state index >= 15 is 0 Å². The number of amides is 1. The molecule has 7 heteroatoms. The van der Waals surface area contributed by atoms with E-state index in [1.54, 1.807) is 42.5 Å². The zero-order chi connectivity index (χ0) is 23.7. The van der Waals surface area contributed by atoms with Gasteiger partial charge in [-0.3, -0.25) is 9.10 Å². The van der Waals surface area contributed by atoms with E-state index in [1.165, 1.54) is 4.31 Å². The lowest BCUT2D eigenvalue weighted by molar-refractivity contribution is -0.127. The minimum absolute atomic E-state index is 0.116. The number of nitrogens with zero attached hydrogens (tertiary/aromatic N) is 1. The van der Waals surface area contributed by atoms with E-state index in [2.05, 4.69) is 5.32 Å². The summed E-state index contributed by atoms with van der Waals surface area (Å²) in [6, 6.07) is 27.4. The minimum Gasteiger partial charge on any atom is -0.476 e. The number of hydrogen-bond acceptors (Lipinski definition) is 4. The van der Waals surface area contributed by atoms with Gasteiger partial charge >= 0.3 is 0 Å². The van der Waals surface area contributed by atoms with Crippen molar-refractivity contribution in [1.29, 1.82) is 0 Å². The summed E-state index contributed by atoms with van der Waals surface area (Å²) in [6.07, 6.45) is -0.984. The molecule has 1 amide bonds. The van der Waals surface area contributed by atoms with E-state index in [0.717, 1.165) is 21.9 Å². The van der Waals surface area contributed by atoms with Crippen LogP contribution in [0.3, 0.4) is 0 Å². The Hall–Kier alpha value is -3.84. The number of hydrogen-bond donors (Lipinski definition) is 1. The predicted octanol–water partition coefficient (Wildman–Crippen LogP) is 4.42. The first kappa shape index (κ1) is 22.0. The van der Waals surface area contributed by atoms with Crippen molar-refractivity contribution in [2.24, 2.45) is 0 Å². The minimum atomic E-state index is -3.88. The molecule has 4 aromatic rings. The summed E-state index contributed by atoms with van der Waals surface area (Å²) >= 11 is 0. The van der Waals surface area contributed by atoms with Crippen molar-refractivity contribution in [1.82, 2.24) is 5.32 Å². The molecule has 34 heavy (non-hydrogen) atoms. The van der Waals surface area contributed by atoms with Crippen molar-refractivity contribution in [2.45, 2.75) is 24.5 Å². The lowest BCUT2D eigenvalue weighted by atomic mass is 10.0. The van der Waals surface area contributed by atoms with Gasteiger partial charge in [0.15, 0.2) is 6.10 Å². The van der Waals surface area contributed by atoms with Gasteiger partial charge in [0.2, 0.25) is 0 Å². The Kier molecular flexibility index (Phi) is 5.71. The molecule has 1 atom stereocenters. The first-order chi connectivity index (χ1) is 16.4. The van der Waals surface area contributed by atoms with Gasteiger partial charge in [-0.25, -0.2) is 8.42 Å². The van der Waals surface area contributed by atoms with Crippen LogP contribution in [0.4, 0.5) is 5.69 Å². The van der Waals surface area contributed by atoms with E-state index in [4.69, 9.17) is 4.74 Å². The molecule has 1 aliphatic heterocycles. The smallest absolute Gasteiger partial charge is 0.264 e. The Morgan fingerprint density at radius 2 is 1.71 bits per heavy atom. The molecular formula is C27H24N2O4S.